The molecule has 0 bridgehead atoms. The first kappa shape index (κ1) is 40.6. The van der Waals surface area contributed by atoms with E-state index in [1.807, 2.05) is 90.5 Å². The van der Waals surface area contributed by atoms with Crippen LogP contribution >= 0.6 is 46.4 Å². The number of rotatable bonds is 10. The number of hydrogen-bond acceptors (Lipinski definition) is 6. The molecule has 11 nitrogen and oxygen atoms in total. The Balaban J connectivity index is 0.000000188. The topological polar surface area (TPSA) is 139 Å². The Morgan fingerprint density at radius 2 is 1.10 bits per heavy atom. The van der Waals surface area contributed by atoms with Gasteiger partial charge in [0, 0.05) is 0 Å². The van der Waals surface area contributed by atoms with E-state index in [4.69, 9.17) is 63.6 Å². The summed E-state index contributed by atoms with van der Waals surface area (Å²) >= 11 is 24.1. The van der Waals surface area contributed by atoms with Crippen LogP contribution in [0.1, 0.15) is 34.6 Å². The highest BCUT2D eigenvalue weighted by Crippen LogP contribution is 2.28. The molecule has 0 spiro atoms. The predicted octanol–water partition coefficient (Wildman–Crippen LogP) is 8.50. The molecule has 3 heterocycles. The zero-order valence-corrected chi connectivity index (χ0v) is 34.1. The molecule has 2 unspecified atom stereocenters. The van der Waals surface area contributed by atoms with Crippen LogP contribution in [0, 0.1) is 30.1 Å². The summed E-state index contributed by atoms with van der Waals surface area (Å²) in [6, 6.07) is 33.5. The minimum Gasteiger partial charge on any atom is -0.387 e. The van der Waals surface area contributed by atoms with E-state index in [0.29, 0.717) is 44.3 Å². The van der Waals surface area contributed by atoms with Crippen molar-refractivity contribution in [3.8, 4) is 18.0 Å². The molecule has 294 valence electrons. The molecule has 0 saturated carbocycles. The molecule has 58 heavy (non-hydrogen) atoms. The average molecular weight is 854 g/mol. The number of benzene rings is 5. The molecule has 8 aromatic rings. The van der Waals surface area contributed by atoms with E-state index < -0.39 is 12.2 Å². The lowest BCUT2D eigenvalue weighted by atomic mass is 10.1. The second kappa shape index (κ2) is 17.5. The highest BCUT2D eigenvalue weighted by atomic mass is 35.5. The number of nitrogens with one attached hydrogen (secondary N) is 2. The first-order chi connectivity index (χ1) is 27.9. The fraction of sp³-hybridized carbons (Fsp3) is 0.163. The summed E-state index contributed by atoms with van der Waals surface area (Å²) in [5.74, 6) is 2.56. The van der Waals surface area contributed by atoms with Crippen molar-refractivity contribution in [3.05, 3.63) is 169 Å². The van der Waals surface area contributed by atoms with Crippen molar-refractivity contribution in [1.29, 1.82) is 10.8 Å². The molecule has 5 aromatic carbocycles. The zero-order valence-electron chi connectivity index (χ0n) is 31.1. The van der Waals surface area contributed by atoms with Crippen LogP contribution in [0.3, 0.4) is 0 Å². The maximum absolute atomic E-state index is 10.9. The number of aryl methyl sites for hydroxylation is 1. The van der Waals surface area contributed by atoms with Crippen LogP contribution in [-0.2, 0) is 26.2 Å². The van der Waals surface area contributed by atoms with Gasteiger partial charge in [0.05, 0.1) is 92.4 Å². The van der Waals surface area contributed by atoms with E-state index in [9.17, 15) is 10.2 Å². The van der Waals surface area contributed by atoms with Crippen LogP contribution in [0.2, 0.25) is 20.1 Å². The van der Waals surface area contributed by atoms with Crippen molar-refractivity contribution < 1.29 is 10.2 Å². The quantitative estimate of drug-likeness (QED) is 0.103. The van der Waals surface area contributed by atoms with E-state index in [1.165, 1.54) is 5.56 Å². The third-order valence-corrected chi connectivity index (χ3v) is 11.2. The van der Waals surface area contributed by atoms with Crippen molar-refractivity contribution in [1.82, 2.24) is 33.3 Å². The monoisotopic (exact) mass is 851 g/mol. The Hall–Kier alpha value is -5.58. The van der Waals surface area contributed by atoms with Gasteiger partial charge >= 0.3 is 0 Å². The smallest absolute Gasteiger partial charge is 0.203 e. The molecule has 0 fully saturated rings. The fourth-order valence-corrected chi connectivity index (χ4v) is 7.34. The lowest BCUT2D eigenvalue weighted by Crippen LogP contribution is -2.27. The van der Waals surface area contributed by atoms with Gasteiger partial charge < -0.3 is 23.9 Å². The number of para-hydroxylation sites is 4. The lowest BCUT2D eigenvalue weighted by Gasteiger charge is -2.13. The molecule has 4 N–H and O–H groups in total. The number of nitrogens with zero attached hydrogens (tertiary/aromatic N) is 7. The molecule has 0 aliphatic heterocycles. The first-order valence-electron chi connectivity index (χ1n) is 18.1. The van der Waals surface area contributed by atoms with Gasteiger partial charge in [-0.25, -0.2) is 4.68 Å². The van der Waals surface area contributed by atoms with Crippen LogP contribution in [0.25, 0.3) is 27.8 Å². The summed E-state index contributed by atoms with van der Waals surface area (Å²) in [7, 11) is 0. The van der Waals surface area contributed by atoms with E-state index in [-0.39, 0.29) is 24.3 Å². The van der Waals surface area contributed by atoms with Crippen molar-refractivity contribution in [2.24, 2.45) is 0 Å². The van der Waals surface area contributed by atoms with Crippen LogP contribution in [-0.4, -0.2) is 43.5 Å². The van der Waals surface area contributed by atoms with E-state index in [1.54, 1.807) is 54.8 Å². The minimum atomic E-state index is -0.856. The Morgan fingerprint density at radius 3 is 1.59 bits per heavy atom. The Morgan fingerprint density at radius 1 is 0.638 bits per heavy atom. The van der Waals surface area contributed by atoms with Crippen molar-refractivity contribution in [3.63, 3.8) is 0 Å². The van der Waals surface area contributed by atoms with Gasteiger partial charge in [-0.1, -0.05) is 112 Å². The third-order valence-electron chi connectivity index (χ3n) is 9.73. The lowest BCUT2D eigenvalue weighted by molar-refractivity contribution is 0.155. The van der Waals surface area contributed by atoms with E-state index in [0.717, 1.165) is 33.4 Å². The van der Waals surface area contributed by atoms with Crippen molar-refractivity contribution in [2.45, 2.75) is 45.3 Å². The number of aromatic nitrogens is 7. The summed E-state index contributed by atoms with van der Waals surface area (Å²) in [6.45, 7) is 3.13. The molecular formula is C43H37Cl4N9O2. The maximum atomic E-state index is 10.9. The molecule has 0 saturated heterocycles. The second-order valence-corrected chi connectivity index (χ2v) is 15.2. The fourth-order valence-electron chi connectivity index (χ4n) is 6.72. The molecular weight excluding hydrogens is 816 g/mol. The van der Waals surface area contributed by atoms with Gasteiger partial charge in [-0.05, 0) is 78.7 Å². The summed E-state index contributed by atoms with van der Waals surface area (Å²) in [5.41, 5.74) is 8.03. The second-order valence-electron chi connectivity index (χ2n) is 13.6. The Kier molecular flexibility index (Phi) is 12.3. The number of aliphatic hydroxyl groups is 2. The van der Waals surface area contributed by atoms with Gasteiger partial charge in [0.1, 0.15) is 5.69 Å². The van der Waals surface area contributed by atoms with Crippen LogP contribution in [0.4, 0.5) is 0 Å². The summed E-state index contributed by atoms with van der Waals surface area (Å²) in [5, 5.41) is 48.9. The number of imidazole rings is 2. The molecule has 2 atom stereocenters. The van der Waals surface area contributed by atoms with E-state index in [2.05, 4.69) is 16.2 Å². The highest BCUT2D eigenvalue weighted by Gasteiger charge is 2.18. The third kappa shape index (κ3) is 8.49. The first-order valence-corrected chi connectivity index (χ1v) is 19.6. The van der Waals surface area contributed by atoms with Gasteiger partial charge in [0.2, 0.25) is 11.2 Å². The van der Waals surface area contributed by atoms with Gasteiger partial charge in [0.15, 0.2) is 0 Å². The summed E-state index contributed by atoms with van der Waals surface area (Å²) in [4.78, 5) is 0. The standard InChI is InChI=1S/C25H22Cl2N6O.C18H15Cl2N3O/c1-16-6-9-19(10-7-16)33-14-18(29-30-33)13-31-22-4-2-3-5-23(22)32(25(31)28)15-24(34)17-8-11-20(26)21(27)12-17;1-2-9-22-15-5-3-4-6-16(15)23(18(22)21)11-17(24)12-7-8-13(19)14(20)10-12/h2-12,14,24,28,34H,13,15H2,1H3;1,3-8,10,17,21,24H,9,11H2. The van der Waals surface area contributed by atoms with Crippen LogP contribution in [0.15, 0.2) is 115 Å². The number of terminal acetylenes is 1. The zero-order chi connectivity index (χ0) is 41.1. The SMILES string of the molecule is C#CCn1c(=N)n(CC(O)c2ccc(Cl)c(Cl)c2)c2ccccc21.Cc1ccc(-n2cc(Cn3c(=N)n(CC(O)c4ccc(Cl)c(Cl)c4)c4ccccc43)nn2)cc1. The molecule has 8 rings (SSSR count). The number of hydrogen-bond donors (Lipinski definition) is 4. The van der Waals surface area contributed by atoms with Gasteiger partial charge in [-0.15, -0.1) is 11.5 Å². The molecule has 0 radical (unpaired) electrons. The average Bonchev–Trinajstić information content (AvgIpc) is 3.88. The molecule has 0 aliphatic carbocycles. The van der Waals surface area contributed by atoms with Gasteiger partial charge in [0.25, 0.3) is 0 Å². The minimum absolute atomic E-state index is 0.195. The molecule has 0 amide bonds. The molecule has 0 aliphatic rings. The summed E-state index contributed by atoms with van der Waals surface area (Å²) < 4.78 is 8.84. The number of aliphatic hydroxyl groups excluding tert-OH is 2. The molecule has 3 aromatic heterocycles. The largest absolute Gasteiger partial charge is 0.387 e. The number of halogens is 4. The van der Waals surface area contributed by atoms with Crippen LogP contribution < -0.4 is 11.2 Å². The Bertz CT molecular complexity index is 2920. The highest BCUT2D eigenvalue weighted by molar-refractivity contribution is 6.42. The maximum Gasteiger partial charge on any atom is 0.203 e. The van der Waals surface area contributed by atoms with E-state index >= 15 is 0 Å². The molecule has 15 heteroatoms. The van der Waals surface area contributed by atoms with Gasteiger partial charge in [-0.3, -0.25) is 15.4 Å². The van der Waals surface area contributed by atoms with Crippen molar-refractivity contribution >= 4 is 68.5 Å². The summed E-state index contributed by atoms with van der Waals surface area (Å²) in [6.07, 6.45) is 5.61. The Labute approximate surface area is 353 Å². The normalized spacial score (nSPS) is 12.3. The predicted molar refractivity (Wildman–Crippen MR) is 228 cm³/mol. The number of fused-ring (bicyclic) bond motifs is 2. The van der Waals surface area contributed by atoms with Crippen LogP contribution in [0.5, 0.6) is 0 Å². The van der Waals surface area contributed by atoms with Gasteiger partial charge in [-0.2, -0.15) is 0 Å². The van der Waals surface area contributed by atoms with Crippen molar-refractivity contribution in [2.75, 3.05) is 0 Å².